The molecule has 0 spiro atoms. The largest absolute Gasteiger partial charge is 0.319 e. The lowest BCUT2D eigenvalue weighted by Gasteiger charge is -2.06. The van der Waals surface area contributed by atoms with Crippen LogP contribution in [0.5, 0.6) is 0 Å². The van der Waals surface area contributed by atoms with Gasteiger partial charge >= 0.3 is 0 Å². The lowest BCUT2D eigenvalue weighted by molar-refractivity contribution is -0.384. The van der Waals surface area contributed by atoms with Gasteiger partial charge < -0.3 is 5.32 Å². The van der Waals surface area contributed by atoms with Crippen LogP contribution in [0.15, 0.2) is 42.6 Å². The summed E-state index contributed by atoms with van der Waals surface area (Å²) in [6.45, 7) is 0. The minimum absolute atomic E-state index is 0.0220. The zero-order chi connectivity index (χ0) is 15.7. The van der Waals surface area contributed by atoms with Gasteiger partial charge in [-0.25, -0.2) is 0 Å². The smallest absolute Gasteiger partial charge is 0.299 e. The van der Waals surface area contributed by atoms with E-state index in [-0.39, 0.29) is 14.9 Å². The van der Waals surface area contributed by atoms with Crippen molar-refractivity contribution in [1.29, 1.82) is 0 Å². The lowest BCUT2D eigenvalue weighted by Crippen LogP contribution is -2.10. The molecule has 0 atom stereocenters. The van der Waals surface area contributed by atoms with E-state index in [0.717, 1.165) is 16.7 Å². The van der Waals surface area contributed by atoms with Gasteiger partial charge in [-0.2, -0.15) is 0 Å². The number of anilines is 1. The molecule has 1 amide bonds. The van der Waals surface area contributed by atoms with Gasteiger partial charge in [-0.1, -0.05) is 29.8 Å². The number of benzene rings is 1. The van der Waals surface area contributed by atoms with Crippen molar-refractivity contribution in [3.63, 3.8) is 0 Å². The number of rotatable bonds is 3. The number of nitrogens with one attached hydrogen (secondary N) is 1. The summed E-state index contributed by atoms with van der Waals surface area (Å²) in [7, 11) is 0. The summed E-state index contributed by atoms with van der Waals surface area (Å²) in [4.78, 5) is 26.8. The molecule has 2 heterocycles. The number of carbonyl (C=O) groups is 1. The molecule has 0 saturated heterocycles. The van der Waals surface area contributed by atoms with Crippen molar-refractivity contribution in [2.45, 2.75) is 0 Å². The Labute approximate surface area is 133 Å². The Hall–Kier alpha value is -2.51. The Kier molecular flexibility index (Phi) is 3.74. The number of nitrogens with zero attached hydrogens (tertiary/aromatic N) is 2. The second-order valence-corrected chi connectivity index (χ2v) is 6.02. The third-order valence-electron chi connectivity index (χ3n) is 2.97. The van der Waals surface area contributed by atoms with Crippen molar-refractivity contribution in [2.24, 2.45) is 0 Å². The number of aromatic nitrogens is 1. The molecule has 0 bridgehead atoms. The SMILES string of the molecule is O=C(Nc1cccc2cccnc12)c1cc([N+](=O)[O-])c(Cl)s1. The summed E-state index contributed by atoms with van der Waals surface area (Å²) in [5, 5.41) is 14.4. The van der Waals surface area contributed by atoms with Crippen LogP contribution in [-0.4, -0.2) is 15.8 Å². The van der Waals surface area contributed by atoms with E-state index >= 15 is 0 Å². The maximum Gasteiger partial charge on any atom is 0.299 e. The van der Waals surface area contributed by atoms with Crippen molar-refractivity contribution in [3.8, 4) is 0 Å². The first-order valence-electron chi connectivity index (χ1n) is 6.15. The van der Waals surface area contributed by atoms with Crippen LogP contribution in [0.25, 0.3) is 10.9 Å². The first kappa shape index (κ1) is 14.4. The van der Waals surface area contributed by atoms with Gasteiger partial charge in [0.1, 0.15) is 4.88 Å². The van der Waals surface area contributed by atoms with Gasteiger partial charge in [-0.15, -0.1) is 11.3 Å². The maximum absolute atomic E-state index is 12.2. The summed E-state index contributed by atoms with van der Waals surface area (Å²) in [5.41, 5.74) is 0.915. The van der Waals surface area contributed by atoms with Crippen LogP contribution in [0.4, 0.5) is 11.4 Å². The number of carbonyl (C=O) groups excluding carboxylic acids is 1. The molecule has 0 aliphatic rings. The third kappa shape index (κ3) is 2.63. The molecular formula is C14H8ClN3O3S. The second-order valence-electron chi connectivity index (χ2n) is 4.36. The average molecular weight is 334 g/mol. The summed E-state index contributed by atoms with van der Waals surface area (Å²) in [6.07, 6.45) is 1.63. The standard InChI is InChI=1S/C14H8ClN3O3S/c15-13-10(18(20)21)7-11(22-13)14(19)17-9-5-1-3-8-4-2-6-16-12(8)9/h1-7H,(H,17,19). The van der Waals surface area contributed by atoms with E-state index in [1.165, 1.54) is 6.07 Å². The Bertz CT molecular complexity index is 889. The maximum atomic E-state index is 12.2. The average Bonchev–Trinajstić information content (AvgIpc) is 2.90. The van der Waals surface area contributed by atoms with Gasteiger partial charge in [0.15, 0.2) is 4.34 Å². The van der Waals surface area contributed by atoms with Crippen LogP contribution in [0, 0.1) is 10.1 Å². The molecule has 0 aliphatic carbocycles. The van der Waals surface area contributed by atoms with Gasteiger partial charge in [0, 0.05) is 17.6 Å². The molecule has 110 valence electrons. The van der Waals surface area contributed by atoms with Gasteiger partial charge in [0.2, 0.25) is 0 Å². The number of hydrogen-bond donors (Lipinski definition) is 1. The van der Waals surface area contributed by atoms with E-state index < -0.39 is 10.8 Å². The lowest BCUT2D eigenvalue weighted by atomic mass is 10.2. The van der Waals surface area contributed by atoms with E-state index in [0.29, 0.717) is 11.2 Å². The van der Waals surface area contributed by atoms with Crippen molar-refractivity contribution < 1.29 is 9.72 Å². The Morgan fingerprint density at radius 1 is 1.32 bits per heavy atom. The van der Waals surface area contributed by atoms with E-state index in [9.17, 15) is 14.9 Å². The summed E-state index contributed by atoms with van der Waals surface area (Å²) in [5.74, 6) is -0.460. The van der Waals surface area contributed by atoms with Gasteiger partial charge in [-0.3, -0.25) is 19.9 Å². The Balaban J connectivity index is 1.93. The first-order chi connectivity index (χ1) is 10.6. The minimum atomic E-state index is -0.616. The molecule has 1 aromatic carbocycles. The molecule has 22 heavy (non-hydrogen) atoms. The quantitative estimate of drug-likeness (QED) is 0.577. The molecule has 6 nitrogen and oxygen atoms in total. The summed E-state index contributed by atoms with van der Waals surface area (Å²) < 4.78 is -0.0220. The molecule has 3 aromatic rings. The summed E-state index contributed by atoms with van der Waals surface area (Å²) >= 11 is 6.63. The molecule has 0 unspecified atom stereocenters. The first-order valence-corrected chi connectivity index (χ1v) is 7.34. The fourth-order valence-electron chi connectivity index (χ4n) is 1.98. The van der Waals surface area contributed by atoms with Crippen molar-refractivity contribution in [3.05, 3.63) is 61.9 Å². The fourth-order valence-corrected chi connectivity index (χ4v) is 3.10. The topological polar surface area (TPSA) is 85.1 Å². The van der Waals surface area contributed by atoms with Gasteiger partial charge in [0.25, 0.3) is 11.6 Å². The fraction of sp³-hybridized carbons (Fsp3) is 0. The zero-order valence-electron chi connectivity index (χ0n) is 10.9. The molecule has 1 N–H and O–H groups in total. The molecule has 0 radical (unpaired) electrons. The second kappa shape index (κ2) is 5.70. The van der Waals surface area contributed by atoms with Gasteiger partial charge in [-0.05, 0) is 12.1 Å². The van der Waals surface area contributed by atoms with E-state index in [1.54, 1.807) is 24.4 Å². The number of pyridine rings is 1. The molecule has 8 heteroatoms. The van der Waals surface area contributed by atoms with Crippen LogP contribution in [-0.2, 0) is 0 Å². The van der Waals surface area contributed by atoms with Crippen molar-refractivity contribution in [2.75, 3.05) is 5.32 Å². The van der Waals surface area contributed by atoms with Crippen LogP contribution in [0.3, 0.4) is 0 Å². The number of halogens is 1. The number of nitro groups is 1. The predicted octanol–water partition coefficient (Wildman–Crippen LogP) is 4.11. The monoisotopic (exact) mass is 333 g/mol. The highest BCUT2D eigenvalue weighted by molar-refractivity contribution is 7.18. The molecule has 0 fully saturated rings. The number of amides is 1. The number of thiophene rings is 1. The summed E-state index contributed by atoms with van der Waals surface area (Å²) in [6, 6.07) is 10.2. The molecule has 0 aliphatic heterocycles. The zero-order valence-corrected chi connectivity index (χ0v) is 12.5. The Morgan fingerprint density at radius 3 is 2.82 bits per heavy atom. The van der Waals surface area contributed by atoms with Crippen molar-refractivity contribution in [1.82, 2.24) is 4.98 Å². The van der Waals surface area contributed by atoms with E-state index in [2.05, 4.69) is 10.3 Å². The number of para-hydroxylation sites is 1. The molecule has 0 saturated carbocycles. The van der Waals surface area contributed by atoms with Gasteiger partial charge in [0.05, 0.1) is 16.1 Å². The normalized spacial score (nSPS) is 10.6. The van der Waals surface area contributed by atoms with Crippen LogP contribution < -0.4 is 5.32 Å². The predicted molar refractivity (Wildman–Crippen MR) is 85.7 cm³/mol. The third-order valence-corrected chi connectivity index (χ3v) is 4.31. The number of fused-ring (bicyclic) bond motifs is 1. The minimum Gasteiger partial charge on any atom is -0.319 e. The van der Waals surface area contributed by atoms with Crippen LogP contribution in [0.1, 0.15) is 9.67 Å². The number of hydrogen-bond acceptors (Lipinski definition) is 5. The highest BCUT2D eigenvalue weighted by Crippen LogP contribution is 2.34. The highest BCUT2D eigenvalue weighted by atomic mass is 35.5. The Morgan fingerprint density at radius 2 is 2.09 bits per heavy atom. The molecular weight excluding hydrogens is 326 g/mol. The van der Waals surface area contributed by atoms with Crippen LogP contribution >= 0.6 is 22.9 Å². The van der Waals surface area contributed by atoms with E-state index in [4.69, 9.17) is 11.6 Å². The molecule has 3 rings (SSSR count). The van der Waals surface area contributed by atoms with E-state index in [1.807, 2.05) is 12.1 Å². The highest BCUT2D eigenvalue weighted by Gasteiger charge is 2.21. The van der Waals surface area contributed by atoms with Crippen molar-refractivity contribution >= 4 is 51.1 Å². The molecule has 2 aromatic heterocycles. The van der Waals surface area contributed by atoms with Crippen LogP contribution in [0.2, 0.25) is 4.34 Å².